The second-order valence-electron chi connectivity index (χ2n) is 6.37. The van der Waals surface area contributed by atoms with E-state index in [0.717, 1.165) is 0 Å². The zero-order chi connectivity index (χ0) is 20.6. The molecular formula is C21H23N3O5. The van der Waals surface area contributed by atoms with Gasteiger partial charge in [-0.3, -0.25) is 14.4 Å². The highest BCUT2D eigenvalue weighted by Gasteiger charge is 2.25. The van der Waals surface area contributed by atoms with Gasteiger partial charge in [0, 0.05) is 25.2 Å². The summed E-state index contributed by atoms with van der Waals surface area (Å²) in [6, 6.07) is 14.0. The number of nitrogens with one attached hydrogen (secondary N) is 2. The third kappa shape index (κ3) is 5.47. The number of likely N-dealkylation sites (N-methyl/N-ethyl adjacent to an activating group) is 1. The average Bonchev–Trinajstić information content (AvgIpc) is 2.73. The van der Waals surface area contributed by atoms with Crippen LogP contribution in [0.3, 0.4) is 0 Å². The highest BCUT2D eigenvalue weighted by Crippen LogP contribution is 2.31. The second kappa shape index (κ2) is 9.59. The lowest BCUT2D eigenvalue weighted by Gasteiger charge is -2.29. The quantitative estimate of drug-likeness (QED) is 0.710. The summed E-state index contributed by atoms with van der Waals surface area (Å²) in [5, 5.41) is 5.44. The predicted octanol–water partition coefficient (Wildman–Crippen LogP) is 1.96. The standard InChI is InChI=1S/C21H23N3O5/c1-2-22-20(26)13-28-16-9-7-15(8-10-16)23-19(25)11-12-24-17-5-3-4-6-18(17)29-14-21(24)27/h3-10H,2,11-14H2,1H3,(H,22,26)(H,23,25). The highest BCUT2D eigenvalue weighted by atomic mass is 16.5. The molecule has 3 rings (SSSR count). The van der Waals surface area contributed by atoms with Crippen molar-refractivity contribution in [2.45, 2.75) is 13.3 Å². The fourth-order valence-electron chi connectivity index (χ4n) is 2.87. The summed E-state index contributed by atoms with van der Waals surface area (Å²) in [6.07, 6.45) is 0.148. The summed E-state index contributed by atoms with van der Waals surface area (Å²) in [5.74, 6) is 0.590. The number of rotatable bonds is 8. The SMILES string of the molecule is CCNC(=O)COc1ccc(NC(=O)CCN2C(=O)COc3ccccc32)cc1. The van der Waals surface area contributed by atoms with E-state index >= 15 is 0 Å². The van der Waals surface area contributed by atoms with Crippen molar-refractivity contribution in [3.8, 4) is 11.5 Å². The van der Waals surface area contributed by atoms with E-state index in [4.69, 9.17) is 9.47 Å². The van der Waals surface area contributed by atoms with Crippen LogP contribution in [-0.2, 0) is 14.4 Å². The third-order valence-electron chi connectivity index (χ3n) is 4.25. The van der Waals surface area contributed by atoms with Gasteiger partial charge >= 0.3 is 0 Å². The lowest BCUT2D eigenvalue weighted by Crippen LogP contribution is -2.40. The smallest absolute Gasteiger partial charge is 0.265 e. The van der Waals surface area contributed by atoms with Crippen molar-refractivity contribution in [1.29, 1.82) is 0 Å². The number of hydrogen-bond acceptors (Lipinski definition) is 5. The molecule has 0 fully saturated rings. The summed E-state index contributed by atoms with van der Waals surface area (Å²) < 4.78 is 10.8. The van der Waals surface area contributed by atoms with Crippen LogP contribution in [0.2, 0.25) is 0 Å². The molecule has 8 nitrogen and oxygen atoms in total. The number of nitrogens with zero attached hydrogens (tertiary/aromatic N) is 1. The summed E-state index contributed by atoms with van der Waals surface area (Å²) in [6.45, 7) is 2.56. The van der Waals surface area contributed by atoms with Crippen molar-refractivity contribution in [3.05, 3.63) is 48.5 Å². The molecule has 29 heavy (non-hydrogen) atoms. The first-order valence-corrected chi connectivity index (χ1v) is 9.38. The topological polar surface area (TPSA) is 97.0 Å². The molecule has 1 heterocycles. The van der Waals surface area contributed by atoms with Gasteiger partial charge in [-0.15, -0.1) is 0 Å². The number of carbonyl (C=O) groups excluding carboxylic acids is 3. The summed E-state index contributed by atoms with van der Waals surface area (Å²) in [5.41, 5.74) is 1.28. The van der Waals surface area contributed by atoms with Crippen molar-refractivity contribution >= 4 is 29.1 Å². The van der Waals surface area contributed by atoms with E-state index in [9.17, 15) is 14.4 Å². The van der Waals surface area contributed by atoms with E-state index in [1.165, 1.54) is 0 Å². The Morgan fingerprint density at radius 1 is 1.10 bits per heavy atom. The molecule has 2 aromatic carbocycles. The molecule has 8 heteroatoms. The summed E-state index contributed by atoms with van der Waals surface area (Å²) in [4.78, 5) is 37.4. The lowest BCUT2D eigenvalue weighted by atomic mass is 10.2. The van der Waals surface area contributed by atoms with Crippen LogP contribution < -0.4 is 25.0 Å². The molecule has 0 radical (unpaired) electrons. The maximum Gasteiger partial charge on any atom is 0.265 e. The Balaban J connectivity index is 1.50. The Labute approximate surface area is 168 Å². The van der Waals surface area contributed by atoms with Gasteiger partial charge in [0.2, 0.25) is 5.91 Å². The van der Waals surface area contributed by atoms with Crippen LogP contribution in [0.25, 0.3) is 0 Å². The van der Waals surface area contributed by atoms with Crippen molar-refractivity contribution in [3.63, 3.8) is 0 Å². The first kappa shape index (κ1) is 20.2. The fourth-order valence-corrected chi connectivity index (χ4v) is 2.87. The Kier molecular flexibility index (Phi) is 6.67. The molecule has 0 atom stereocenters. The first-order chi connectivity index (χ1) is 14.1. The van der Waals surface area contributed by atoms with E-state index in [1.54, 1.807) is 41.3 Å². The molecule has 152 valence electrons. The van der Waals surface area contributed by atoms with Crippen molar-refractivity contribution < 1.29 is 23.9 Å². The van der Waals surface area contributed by atoms with Gasteiger partial charge in [-0.05, 0) is 43.3 Å². The van der Waals surface area contributed by atoms with E-state index in [1.807, 2.05) is 19.1 Å². The molecular weight excluding hydrogens is 374 g/mol. The fraction of sp³-hybridized carbons (Fsp3) is 0.286. The normalized spacial score (nSPS) is 12.6. The number of amides is 3. The minimum atomic E-state index is -0.210. The van der Waals surface area contributed by atoms with Crippen molar-refractivity contribution in [2.24, 2.45) is 0 Å². The third-order valence-corrected chi connectivity index (χ3v) is 4.25. The monoisotopic (exact) mass is 397 g/mol. The van der Waals surface area contributed by atoms with E-state index in [2.05, 4.69) is 10.6 Å². The van der Waals surface area contributed by atoms with Gasteiger partial charge in [0.25, 0.3) is 11.8 Å². The summed E-state index contributed by atoms with van der Waals surface area (Å²) >= 11 is 0. The molecule has 0 bridgehead atoms. The van der Waals surface area contributed by atoms with Gasteiger partial charge in [-0.2, -0.15) is 0 Å². The molecule has 0 saturated carbocycles. The average molecular weight is 397 g/mol. The minimum Gasteiger partial charge on any atom is -0.484 e. The Morgan fingerprint density at radius 3 is 2.62 bits per heavy atom. The molecule has 0 unspecified atom stereocenters. The van der Waals surface area contributed by atoms with Gasteiger partial charge in [0.1, 0.15) is 11.5 Å². The first-order valence-electron chi connectivity index (χ1n) is 9.38. The maximum atomic E-state index is 12.3. The number of benzene rings is 2. The number of hydrogen-bond donors (Lipinski definition) is 2. The molecule has 0 aromatic heterocycles. The van der Waals surface area contributed by atoms with Gasteiger partial charge in [0.05, 0.1) is 5.69 Å². The zero-order valence-corrected chi connectivity index (χ0v) is 16.1. The van der Waals surface area contributed by atoms with E-state index < -0.39 is 0 Å². The molecule has 3 amide bonds. The molecule has 0 saturated heterocycles. The van der Waals surface area contributed by atoms with Crippen LogP contribution in [-0.4, -0.2) is 44.0 Å². The molecule has 2 aromatic rings. The number of para-hydroxylation sites is 2. The van der Waals surface area contributed by atoms with Crippen LogP contribution >= 0.6 is 0 Å². The van der Waals surface area contributed by atoms with Crippen LogP contribution in [0.15, 0.2) is 48.5 Å². The molecule has 0 spiro atoms. The number of ether oxygens (including phenoxy) is 2. The van der Waals surface area contributed by atoms with Crippen LogP contribution in [0.1, 0.15) is 13.3 Å². The maximum absolute atomic E-state index is 12.3. The molecule has 0 aliphatic carbocycles. The van der Waals surface area contributed by atoms with E-state index in [-0.39, 0.29) is 43.9 Å². The van der Waals surface area contributed by atoms with Gasteiger partial charge < -0.3 is 25.0 Å². The number of anilines is 2. The largest absolute Gasteiger partial charge is 0.484 e. The van der Waals surface area contributed by atoms with Crippen molar-refractivity contribution in [2.75, 3.05) is 36.5 Å². The lowest BCUT2D eigenvalue weighted by molar-refractivity contribution is -0.123. The van der Waals surface area contributed by atoms with Crippen molar-refractivity contribution in [1.82, 2.24) is 5.32 Å². The van der Waals surface area contributed by atoms with Gasteiger partial charge in [-0.1, -0.05) is 12.1 Å². The number of fused-ring (bicyclic) bond motifs is 1. The Hall–Kier alpha value is -3.55. The van der Waals surface area contributed by atoms with Crippen LogP contribution in [0.4, 0.5) is 11.4 Å². The Bertz CT molecular complexity index is 882. The minimum absolute atomic E-state index is 0.0314. The molecule has 2 N–H and O–H groups in total. The summed E-state index contributed by atoms with van der Waals surface area (Å²) in [7, 11) is 0. The van der Waals surface area contributed by atoms with Crippen LogP contribution in [0, 0.1) is 0 Å². The van der Waals surface area contributed by atoms with Crippen LogP contribution in [0.5, 0.6) is 11.5 Å². The second-order valence-corrected chi connectivity index (χ2v) is 6.37. The molecule has 1 aliphatic rings. The Morgan fingerprint density at radius 2 is 1.86 bits per heavy atom. The predicted molar refractivity (Wildman–Crippen MR) is 108 cm³/mol. The van der Waals surface area contributed by atoms with Gasteiger partial charge in [0.15, 0.2) is 13.2 Å². The van der Waals surface area contributed by atoms with Gasteiger partial charge in [-0.25, -0.2) is 0 Å². The molecule has 1 aliphatic heterocycles. The van der Waals surface area contributed by atoms with E-state index in [0.29, 0.717) is 29.4 Å². The zero-order valence-electron chi connectivity index (χ0n) is 16.1. The number of carbonyl (C=O) groups is 3. The highest BCUT2D eigenvalue weighted by molar-refractivity contribution is 5.99.